The number of rotatable bonds is 6. The molecule has 0 fully saturated rings. The van der Waals surface area contributed by atoms with Crippen LogP contribution in [-0.2, 0) is 12.3 Å². The second kappa shape index (κ2) is 7.81. The van der Waals surface area contributed by atoms with Gasteiger partial charge in [-0.2, -0.15) is 0 Å². The number of thiophene rings is 1. The SMILES string of the molecule is O=c1[nH]c(CSc2n[nH]c(=O)n2Cc2ccccc2)nc2scc(-c3ccco3)c12. The van der Waals surface area contributed by atoms with Gasteiger partial charge in [0.15, 0.2) is 5.16 Å². The number of hydrogen-bond donors (Lipinski definition) is 2. The maximum absolute atomic E-state index is 12.7. The Hall–Kier alpha value is -3.37. The summed E-state index contributed by atoms with van der Waals surface area (Å²) in [5.41, 5.74) is 1.24. The van der Waals surface area contributed by atoms with E-state index < -0.39 is 0 Å². The highest BCUT2D eigenvalue weighted by molar-refractivity contribution is 7.98. The summed E-state index contributed by atoms with van der Waals surface area (Å²) in [5.74, 6) is 1.53. The van der Waals surface area contributed by atoms with Gasteiger partial charge < -0.3 is 9.40 Å². The monoisotopic (exact) mass is 437 g/mol. The fraction of sp³-hybridized carbons (Fsp3) is 0.100. The van der Waals surface area contributed by atoms with Gasteiger partial charge in [-0.1, -0.05) is 42.1 Å². The first-order valence-electron chi connectivity index (χ1n) is 9.05. The Labute approximate surface area is 177 Å². The number of aromatic amines is 2. The third-order valence-corrected chi connectivity index (χ3v) is 6.38. The second-order valence-corrected chi connectivity index (χ2v) is 8.29. The molecule has 5 aromatic rings. The molecule has 2 N–H and O–H groups in total. The van der Waals surface area contributed by atoms with Gasteiger partial charge in [-0.25, -0.2) is 14.9 Å². The number of H-pyrrole nitrogens is 2. The minimum absolute atomic E-state index is 0.216. The van der Waals surface area contributed by atoms with Crippen LogP contribution in [0.1, 0.15) is 11.4 Å². The average Bonchev–Trinajstić information content (AvgIpc) is 3.49. The molecular weight excluding hydrogens is 422 g/mol. The molecule has 0 saturated carbocycles. The van der Waals surface area contributed by atoms with E-state index in [0.717, 1.165) is 11.1 Å². The van der Waals surface area contributed by atoms with Crippen molar-refractivity contribution >= 4 is 33.3 Å². The van der Waals surface area contributed by atoms with E-state index in [1.54, 1.807) is 16.9 Å². The zero-order valence-electron chi connectivity index (χ0n) is 15.5. The number of hydrogen-bond acceptors (Lipinski definition) is 7. The minimum Gasteiger partial charge on any atom is -0.464 e. The Balaban J connectivity index is 1.40. The van der Waals surface area contributed by atoms with Gasteiger partial charge in [0.25, 0.3) is 5.56 Å². The van der Waals surface area contributed by atoms with Gasteiger partial charge in [0, 0.05) is 10.9 Å². The normalized spacial score (nSPS) is 11.3. The van der Waals surface area contributed by atoms with E-state index in [-0.39, 0.29) is 11.2 Å². The van der Waals surface area contributed by atoms with Crippen molar-refractivity contribution < 1.29 is 4.42 Å². The molecule has 0 radical (unpaired) electrons. The number of fused-ring (bicyclic) bond motifs is 1. The smallest absolute Gasteiger partial charge is 0.344 e. The number of thioether (sulfide) groups is 1. The Morgan fingerprint density at radius 2 is 2.00 bits per heavy atom. The summed E-state index contributed by atoms with van der Waals surface area (Å²) in [6.07, 6.45) is 1.57. The molecule has 0 atom stereocenters. The summed E-state index contributed by atoms with van der Waals surface area (Å²) in [4.78, 5) is 32.9. The third-order valence-electron chi connectivity index (χ3n) is 4.52. The van der Waals surface area contributed by atoms with Crippen LogP contribution in [0.4, 0.5) is 0 Å². The van der Waals surface area contributed by atoms with Crippen LogP contribution in [0.15, 0.2) is 73.3 Å². The number of nitrogens with one attached hydrogen (secondary N) is 2. The fourth-order valence-electron chi connectivity index (χ4n) is 3.13. The number of furan rings is 1. The molecule has 0 spiro atoms. The third kappa shape index (κ3) is 3.51. The average molecular weight is 438 g/mol. The first kappa shape index (κ1) is 18.6. The van der Waals surface area contributed by atoms with Crippen LogP contribution in [0.5, 0.6) is 0 Å². The molecule has 1 aromatic carbocycles. The molecule has 5 rings (SSSR count). The maximum atomic E-state index is 12.7. The topological polar surface area (TPSA) is 110 Å². The largest absolute Gasteiger partial charge is 0.464 e. The summed E-state index contributed by atoms with van der Waals surface area (Å²) < 4.78 is 6.99. The van der Waals surface area contributed by atoms with Crippen LogP contribution in [-0.4, -0.2) is 24.7 Å². The van der Waals surface area contributed by atoms with Gasteiger partial charge in [0.2, 0.25) is 0 Å². The lowest BCUT2D eigenvalue weighted by molar-refractivity contribution is 0.583. The highest BCUT2D eigenvalue weighted by atomic mass is 32.2. The van der Waals surface area contributed by atoms with Crippen LogP contribution in [0.2, 0.25) is 0 Å². The van der Waals surface area contributed by atoms with E-state index in [1.807, 2.05) is 41.8 Å². The summed E-state index contributed by atoms with van der Waals surface area (Å²) >= 11 is 2.73. The molecular formula is C20H15N5O3S2. The van der Waals surface area contributed by atoms with Crippen molar-refractivity contribution in [2.75, 3.05) is 0 Å². The number of nitrogens with zero attached hydrogens (tertiary/aromatic N) is 3. The zero-order chi connectivity index (χ0) is 20.5. The minimum atomic E-state index is -0.278. The van der Waals surface area contributed by atoms with Crippen LogP contribution < -0.4 is 11.2 Å². The molecule has 0 unspecified atom stereocenters. The van der Waals surface area contributed by atoms with E-state index >= 15 is 0 Å². The van der Waals surface area contributed by atoms with Gasteiger partial charge in [0.05, 0.1) is 23.9 Å². The molecule has 150 valence electrons. The van der Waals surface area contributed by atoms with Crippen LogP contribution >= 0.6 is 23.1 Å². The molecule has 0 amide bonds. The van der Waals surface area contributed by atoms with Gasteiger partial charge in [0.1, 0.15) is 16.4 Å². The molecule has 10 heteroatoms. The van der Waals surface area contributed by atoms with Gasteiger partial charge >= 0.3 is 5.69 Å². The highest BCUT2D eigenvalue weighted by Gasteiger charge is 2.16. The molecule has 0 bridgehead atoms. The summed E-state index contributed by atoms with van der Waals surface area (Å²) in [6.45, 7) is 0.416. The van der Waals surface area contributed by atoms with Crippen molar-refractivity contribution in [1.82, 2.24) is 24.7 Å². The molecule has 30 heavy (non-hydrogen) atoms. The van der Waals surface area contributed by atoms with Crippen LogP contribution in [0.3, 0.4) is 0 Å². The summed E-state index contributed by atoms with van der Waals surface area (Å²) in [5, 5.41) is 9.52. The van der Waals surface area contributed by atoms with Crippen molar-refractivity contribution in [2.45, 2.75) is 17.5 Å². The quantitative estimate of drug-likeness (QED) is 0.394. The van der Waals surface area contributed by atoms with Gasteiger partial charge in [-0.15, -0.1) is 16.4 Å². The van der Waals surface area contributed by atoms with Crippen LogP contribution in [0, 0.1) is 0 Å². The zero-order valence-corrected chi connectivity index (χ0v) is 17.1. The maximum Gasteiger partial charge on any atom is 0.344 e. The Kier molecular flexibility index (Phi) is 4.85. The Morgan fingerprint density at radius 3 is 2.80 bits per heavy atom. The van der Waals surface area contributed by atoms with E-state index in [4.69, 9.17) is 4.42 Å². The predicted molar refractivity (Wildman–Crippen MR) is 116 cm³/mol. The number of aromatic nitrogens is 5. The van der Waals surface area contributed by atoms with Gasteiger partial charge in [-0.3, -0.25) is 9.36 Å². The van der Waals surface area contributed by atoms with Crippen LogP contribution in [0.25, 0.3) is 21.5 Å². The first-order valence-corrected chi connectivity index (χ1v) is 10.9. The fourth-order valence-corrected chi connectivity index (χ4v) is 4.89. The van der Waals surface area contributed by atoms with Crippen molar-refractivity contribution in [2.24, 2.45) is 0 Å². The second-order valence-electron chi connectivity index (χ2n) is 6.49. The molecule has 0 aliphatic heterocycles. The Morgan fingerprint density at radius 1 is 1.13 bits per heavy atom. The molecule has 4 aromatic heterocycles. The van der Waals surface area contributed by atoms with E-state index in [9.17, 15) is 9.59 Å². The predicted octanol–water partition coefficient (Wildman–Crippen LogP) is 3.47. The van der Waals surface area contributed by atoms with E-state index in [0.29, 0.717) is 39.3 Å². The molecule has 0 saturated heterocycles. The lowest BCUT2D eigenvalue weighted by atomic mass is 10.2. The summed E-state index contributed by atoms with van der Waals surface area (Å²) in [7, 11) is 0. The molecule has 4 heterocycles. The lowest BCUT2D eigenvalue weighted by Crippen LogP contribution is -2.18. The van der Waals surface area contributed by atoms with Gasteiger partial charge in [-0.05, 0) is 17.7 Å². The van der Waals surface area contributed by atoms with Crippen molar-refractivity contribution in [3.05, 3.63) is 86.3 Å². The van der Waals surface area contributed by atoms with Crippen molar-refractivity contribution in [3.63, 3.8) is 0 Å². The highest BCUT2D eigenvalue weighted by Crippen LogP contribution is 2.31. The molecule has 0 aliphatic rings. The van der Waals surface area contributed by atoms with E-state index in [1.165, 1.54) is 23.1 Å². The van der Waals surface area contributed by atoms with E-state index in [2.05, 4.69) is 20.2 Å². The summed E-state index contributed by atoms with van der Waals surface area (Å²) in [6, 6.07) is 13.3. The number of benzene rings is 1. The molecule has 8 nitrogen and oxygen atoms in total. The van der Waals surface area contributed by atoms with Crippen molar-refractivity contribution in [1.29, 1.82) is 0 Å². The Bertz CT molecular complexity index is 1410. The lowest BCUT2D eigenvalue weighted by Gasteiger charge is -2.05. The first-order chi connectivity index (χ1) is 14.7. The van der Waals surface area contributed by atoms with Crippen molar-refractivity contribution in [3.8, 4) is 11.3 Å². The molecule has 0 aliphatic carbocycles. The standard InChI is InChI=1S/C20H15N5O3S2/c26-17-16-13(14-7-4-8-28-14)10-29-18(16)22-15(21-17)11-30-20-24-23-19(27)25(20)9-12-5-2-1-3-6-12/h1-8,10H,9,11H2,(H,23,27)(H,21,22,26).